The molecule has 0 unspecified atom stereocenters. The minimum absolute atomic E-state index is 0.239. The van der Waals surface area contributed by atoms with E-state index >= 15 is 0 Å². The molecular weight excluding hydrogens is 256 g/mol. The van der Waals surface area contributed by atoms with Crippen molar-refractivity contribution in [2.45, 2.75) is 11.8 Å². The average Bonchev–Trinajstić information content (AvgIpc) is 2.46. The molecule has 0 bridgehead atoms. The summed E-state index contributed by atoms with van der Waals surface area (Å²) in [5.41, 5.74) is 0.664. The molecule has 0 atom stereocenters. The summed E-state index contributed by atoms with van der Waals surface area (Å²) in [5, 5.41) is -0.456. The van der Waals surface area contributed by atoms with Gasteiger partial charge in [-0.2, -0.15) is 0 Å². The van der Waals surface area contributed by atoms with Crippen molar-refractivity contribution >= 4 is 16.8 Å². The second kappa shape index (κ2) is 5.73. The zero-order chi connectivity index (χ0) is 13.7. The first-order chi connectivity index (χ1) is 9.21. The summed E-state index contributed by atoms with van der Waals surface area (Å²) < 4.78 is 0. The fourth-order valence-corrected chi connectivity index (χ4v) is 2.55. The summed E-state index contributed by atoms with van der Waals surface area (Å²) in [6, 6.07) is 18.8. The van der Waals surface area contributed by atoms with Gasteiger partial charge < -0.3 is 0 Å². The summed E-state index contributed by atoms with van der Waals surface area (Å²) in [5.74, 6) is 2.58. The molecule has 0 aliphatic heterocycles. The Morgan fingerprint density at radius 2 is 1.42 bits per heavy atom. The van der Waals surface area contributed by atoms with Crippen LogP contribution in [0.3, 0.4) is 0 Å². The monoisotopic (exact) mass is 268 g/mol. The standard InChI is InChI=1S/C17H13ClO/c1-2-13-17(16(18)19,14-9-5-3-6-10-14)15-11-7-4-8-12-15/h1,3-12H,13H2. The van der Waals surface area contributed by atoms with Crippen molar-refractivity contribution in [3.63, 3.8) is 0 Å². The largest absolute Gasteiger partial charge is 0.280 e. The number of carbonyl (C=O) groups excluding carboxylic acids is 1. The number of halogens is 1. The summed E-state index contributed by atoms with van der Waals surface area (Å²) >= 11 is 5.91. The second-order valence-corrected chi connectivity index (χ2v) is 4.64. The normalized spacial score (nSPS) is 10.7. The van der Waals surface area contributed by atoms with Crippen LogP contribution in [-0.4, -0.2) is 5.24 Å². The van der Waals surface area contributed by atoms with Gasteiger partial charge in [0.05, 0.1) is 0 Å². The maximum Gasteiger partial charge on any atom is 0.237 e. The zero-order valence-electron chi connectivity index (χ0n) is 10.3. The van der Waals surface area contributed by atoms with Crippen LogP contribution in [0.1, 0.15) is 17.5 Å². The summed E-state index contributed by atoms with van der Waals surface area (Å²) in [6.45, 7) is 0. The molecule has 19 heavy (non-hydrogen) atoms. The highest BCUT2D eigenvalue weighted by Crippen LogP contribution is 2.37. The fraction of sp³-hybridized carbons (Fsp3) is 0.118. The third-order valence-electron chi connectivity index (χ3n) is 3.24. The number of terminal acetylenes is 1. The smallest absolute Gasteiger partial charge is 0.237 e. The van der Waals surface area contributed by atoms with Gasteiger partial charge in [0.15, 0.2) is 0 Å². The topological polar surface area (TPSA) is 17.1 Å². The molecule has 0 aromatic heterocycles. The molecule has 2 heteroatoms. The van der Waals surface area contributed by atoms with E-state index < -0.39 is 10.7 Å². The summed E-state index contributed by atoms with van der Waals surface area (Å²) in [4.78, 5) is 12.1. The Labute approximate surface area is 118 Å². The molecule has 0 radical (unpaired) electrons. The third-order valence-corrected chi connectivity index (χ3v) is 3.56. The highest BCUT2D eigenvalue weighted by Gasteiger charge is 2.40. The lowest BCUT2D eigenvalue weighted by atomic mass is 9.73. The molecule has 0 fully saturated rings. The quantitative estimate of drug-likeness (QED) is 0.609. The lowest BCUT2D eigenvalue weighted by Gasteiger charge is -2.29. The zero-order valence-corrected chi connectivity index (χ0v) is 11.1. The van der Waals surface area contributed by atoms with Crippen LogP contribution in [0, 0.1) is 12.3 Å². The first-order valence-electron chi connectivity index (χ1n) is 5.96. The van der Waals surface area contributed by atoms with Crippen molar-refractivity contribution in [1.82, 2.24) is 0 Å². The highest BCUT2D eigenvalue weighted by molar-refractivity contribution is 6.66. The van der Waals surface area contributed by atoms with Crippen LogP contribution < -0.4 is 0 Å². The Bertz CT molecular complexity index is 557. The lowest BCUT2D eigenvalue weighted by molar-refractivity contribution is -0.115. The van der Waals surface area contributed by atoms with Crippen molar-refractivity contribution in [3.05, 3.63) is 71.8 Å². The first kappa shape index (κ1) is 13.4. The molecular formula is C17H13ClO. The SMILES string of the molecule is C#CCC(C(=O)Cl)(c1ccccc1)c1ccccc1. The lowest BCUT2D eigenvalue weighted by Crippen LogP contribution is -2.34. The second-order valence-electron chi connectivity index (χ2n) is 4.29. The minimum Gasteiger partial charge on any atom is -0.280 e. The van der Waals surface area contributed by atoms with Gasteiger partial charge in [-0.05, 0) is 22.7 Å². The van der Waals surface area contributed by atoms with E-state index in [0.717, 1.165) is 11.1 Å². The Kier molecular flexibility index (Phi) is 4.04. The van der Waals surface area contributed by atoms with Crippen LogP contribution in [0.2, 0.25) is 0 Å². The van der Waals surface area contributed by atoms with Gasteiger partial charge in [-0.25, -0.2) is 0 Å². The van der Waals surface area contributed by atoms with Gasteiger partial charge in [0, 0.05) is 6.42 Å². The van der Waals surface area contributed by atoms with E-state index in [0.29, 0.717) is 0 Å². The van der Waals surface area contributed by atoms with Gasteiger partial charge in [0.25, 0.3) is 0 Å². The average molecular weight is 269 g/mol. The number of hydrogen-bond donors (Lipinski definition) is 0. The predicted molar refractivity (Wildman–Crippen MR) is 78.0 cm³/mol. The summed E-state index contributed by atoms with van der Waals surface area (Å²) in [6.07, 6.45) is 5.71. The van der Waals surface area contributed by atoms with Gasteiger partial charge in [-0.1, -0.05) is 60.7 Å². The molecule has 94 valence electrons. The third kappa shape index (κ3) is 2.41. The number of benzene rings is 2. The van der Waals surface area contributed by atoms with E-state index in [4.69, 9.17) is 18.0 Å². The molecule has 0 N–H and O–H groups in total. The Morgan fingerprint density at radius 1 is 1.00 bits per heavy atom. The highest BCUT2D eigenvalue weighted by atomic mass is 35.5. The van der Waals surface area contributed by atoms with Crippen molar-refractivity contribution in [2.24, 2.45) is 0 Å². The van der Waals surface area contributed by atoms with Crippen LogP contribution in [0.15, 0.2) is 60.7 Å². The van der Waals surface area contributed by atoms with E-state index in [1.807, 2.05) is 60.7 Å². The number of rotatable bonds is 4. The Morgan fingerprint density at radius 3 is 1.74 bits per heavy atom. The molecule has 2 aromatic carbocycles. The fourth-order valence-electron chi connectivity index (χ4n) is 2.27. The predicted octanol–water partition coefficient (Wildman–Crippen LogP) is 3.76. The number of hydrogen-bond acceptors (Lipinski definition) is 1. The Balaban J connectivity index is 2.69. The van der Waals surface area contributed by atoms with Gasteiger partial charge in [-0.15, -0.1) is 12.3 Å². The van der Waals surface area contributed by atoms with Crippen LogP contribution in [0.25, 0.3) is 0 Å². The molecule has 0 saturated carbocycles. The first-order valence-corrected chi connectivity index (χ1v) is 6.34. The van der Waals surface area contributed by atoms with Crippen LogP contribution >= 0.6 is 11.6 Å². The van der Waals surface area contributed by atoms with Crippen LogP contribution in [-0.2, 0) is 10.2 Å². The number of carbonyl (C=O) groups is 1. The van der Waals surface area contributed by atoms with E-state index in [9.17, 15) is 4.79 Å². The Hall–Kier alpha value is -2.04. The van der Waals surface area contributed by atoms with Gasteiger partial charge in [-0.3, -0.25) is 4.79 Å². The molecule has 1 nitrogen and oxygen atoms in total. The van der Waals surface area contributed by atoms with Crippen molar-refractivity contribution in [1.29, 1.82) is 0 Å². The van der Waals surface area contributed by atoms with Crippen molar-refractivity contribution < 1.29 is 4.79 Å². The van der Waals surface area contributed by atoms with Crippen molar-refractivity contribution in [2.75, 3.05) is 0 Å². The van der Waals surface area contributed by atoms with Crippen LogP contribution in [0.4, 0.5) is 0 Å². The molecule has 0 aliphatic carbocycles. The molecule has 0 spiro atoms. The van der Waals surface area contributed by atoms with Gasteiger partial charge >= 0.3 is 0 Å². The molecule has 2 aromatic rings. The molecule has 0 amide bonds. The maximum atomic E-state index is 12.1. The van der Waals surface area contributed by atoms with E-state index in [1.165, 1.54) is 0 Å². The minimum atomic E-state index is -0.973. The molecule has 0 saturated heterocycles. The molecule has 0 heterocycles. The van der Waals surface area contributed by atoms with E-state index in [-0.39, 0.29) is 6.42 Å². The summed E-state index contributed by atoms with van der Waals surface area (Å²) in [7, 11) is 0. The molecule has 0 aliphatic rings. The van der Waals surface area contributed by atoms with Gasteiger partial charge in [0.1, 0.15) is 5.41 Å². The van der Waals surface area contributed by atoms with Crippen molar-refractivity contribution in [3.8, 4) is 12.3 Å². The van der Waals surface area contributed by atoms with Crippen LogP contribution in [0.5, 0.6) is 0 Å². The maximum absolute atomic E-state index is 12.1. The van der Waals surface area contributed by atoms with E-state index in [1.54, 1.807) is 0 Å². The van der Waals surface area contributed by atoms with E-state index in [2.05, 4.69) is 5.92 Å². The molecule has 2 rings (SSSR count). The van der Waals surface area contributed by atoms with Gasteiger partial charge in [0.2, 0.25) is 5.24 Å².